The van der Waals surface area contributed by atoms with Crippen LogP contribution in [0.15, 0.2) is 30.1 Å². The summed E-state index contributed by atoms with van der Waals surface area (Å²) in [6.07, 6.45) is 16.7. The number of carbonyl (C=O) groups excluding carboxylic acids is 1. The Morgan fingerprint density at radius 3 is 2.83 bits per heavy atom. The molecule has 0 radical (unpaired) electrons. The zero-order valence-electron chi connectivity index (χ0n) is 13.8. The van der Waals surface area contributed by atoms with Crippen molar-refractivity contribution >= 4 is 11.6 Å². The predicted octanol–water partition coefficient (Wildman–Crippen LogP) is 4.06. The van der Waals surface area contributed by atoms with E-state index < -0.39 is 0 Å². The topological polar surface area (TPSA) is 54.0 Å². The molecule has 0 aromatic carbocycles. The highest BCUT2D eigenvalue weighted by atomic mass is 16.1. The maximum Gasteiger partial charge on any atom is 0.253 e. The number of hydrogen-bond acceptors (Lipinski definition) is 3. The van der Waals surface area contributed by atoms with Crippen molar-refractivity contribution in [1.82, 2.24) is 10.3 Å². The van der Waals surface area contributed by atoms with Crippen LogP contribution in [0.5, 0.6) is 0 Å². The summed E-state index contributed by atoms with van der Waals surface area (Å²) < 4.78 is 0. The Bertz CT molecular complexity index is 561. The molecule has 1 aromatic rings. The quantitative estimate of drug-likeness (QED) is 0.779. The summed E-state index contributed by atoms with van der Waals surface area (Å²) in [6.45, 7) is 0.904. The maximum absolute atomic E-state index is 12.3. The van der Waals surface area contributed by atoms with E-state index in [2.05, 4.69) is 21.7 Å². The van der Waals surface area contributed by atoms with Gasteiger partial charge in [0.15, 0.2) is 0 Å². The zero-order valence-corrected chi connectivity index (χ0v) is 13.8. The Labute approximate surface area is 138 Å². The second-order valence-electron chi connectivity index (χ2n) is 6.70. The minimum absolute atomic E-state index is 0.00281. The van der Waals surface area contributed by atoms with E-state index in [1.807, 2.05) is 6.07 Å². The molecule has 0 atom stereocenters. The molecule has 0 saturated heterocycles. The van der Waals surface area contributed by atoms with Crippen molar-refractivity contribution in [2.24, 2.45) is 0 Å². The number of nitrogens with zero attached hydrogens (tertiary/aromatic N) is 1. The van der Waals surface area contributed by atoms with Gasteiger partial charge in [-0.3, -0.25) is 9.78 Å². The lowest BCUT2D eigenvalue weighted by Gasteiger charge is -2.14. The standard InChI is InChI=1S/C19H27N3O/c23-19(22-17-8-4-5-9-17)16-12-18(14-20-13-16)21-11-10-15-6-2-1-3-7-15/h6,12-14,17,21H,1-5,7-11H2,(H,22,23). The molecule has 1 heterocycles. The first-order valence-corrected chi connectivity index (χ1v) is 8.99. The second-order valence-corrected chi connectivity index (χ2v) is 6.70. The van der Waals surface area contributed by atoms with Crippen LogP contribution in [0.1, 0.15) is 68.1 Å². The van der Waals surface area contributed by atoms with Crippen molar-refractivity contribution < 1.29 is 4.79 Å². The Hall–Kier alpha value is -1.84. The molecule has 2 N–H and O–H groups in total. The van der Waals surface area contributed by atoms with Crippen LogP contribution in [0.25, 0.3) is 0 Å². The van der Waals surface area contributed by atoms with Crippen LogP contribution >= 0.6 is 0 Å². The summed E-state index contributed by atoms with van der Waals surface area (Å²) in [7, 11) is 0. The first kappa shape index (κ1) is 16.0. The minimum atomic E-state index is 0.00281. The first-order valence-electron chi connectivity index (χ1n) is 8.99. The van der Waals surface area contributed by atoms with Gasteiger partial charge in [0.05, 0.1) is 11.3 Å². The van der Waals surface area contributed by atoms with Crippen molar-refractivity contribution in [3.63, 3.8) is 0 Å². The third-order valence-electron chi connectivity index (χ3n) is 4.85. The van der Waals surface area contributed by atoms with Gasteiger partial charge in [0.25, 0.3) is 5.91 Å². The van der Waals surface area contributed by atoms with E-state index in [4.69, 9.17) is 0 Å². The summed E-state index contributed by atoms with van der Waals surface area (Å²) in [5.41, 5.74) is 3.14. The number of allylic oxidation sites excluding steroid dienone is 1. The van der Waals surface area contributed by atoms with E-state index in [1.165, 1.54) is 38.5 Å². The van der Waals surface area contributed by atoms with Gasteiger partial charge < -0.3 is 10.6 Å². The molecule has 0 aliphatic heterocycles. The number of nitrogens with one attached hydrogen (secondary N) is 2. The van der Waals surface area contributed by atoms with Crippen molar-refractivity contribution in [3.05, 3.63) is 35.7 Å². The molecular weight excluding hydrogens is 286 g/mol. The number of anilines is 1. The van der Waals surface area contributed by atoms with Gasteiger partial charge in [0.2, 0.25) is 0 Å². The van der Waals surface area contributed by atoms with E-state index >= 15 is 0 Å². The van der Waals surface area contributed by atoms with Gasteiger partial charge in [-0.1, -0.05) is 24.5 Å². The third kappa shape index (κ3) is 4.81. The summed E-state index contributed by atoms with van der Waals surface area (Å²) in [5.74, 6) is 0.00281. The maximum atomic E-state index is 12.3. The predicted molar refractivity (Wildman–Crippen MR) is 93.6 cm³/mol. The van der Waals surface area contributed by atoms with Gasteiger partial charge in [-0.2, -0.15) is 0 Å². The van der Waals surface area contributed by atoms with Crippen molar-refractivity contribution in [3.8, 4) is 0 Å². The van der Waals surface area contributed by atoms with Gasteiger partial charge in [0, 0.05) is 25.0 Å². The van der Waals surface area contributed by atoms with Crippen molar-refractivity contribution in [2.45, 2.75) is 63.8 Å². The summed E-state index contributed by atoms with van der Waals surface area (Å²) in [5, 5.41) is 6.51. The zero-order chi connectivity index (χ0) is 15.9. The number of rotatable bonds is 6. The molecule has 3 rings (SSSR count). The molecular formula is C19H27N3O. The lowest BCUT2D eigenvalue weighted by Crippen LogP contribution is -2.32. The van der Waals surface area contributed by atoms with Crippen molar-refractivity contribution in [2.75, 3.05) is 11.9 Å². The van der Waals surface area contributed by atoms with Crippen LogP contribution in [-0.4, -0.2) is 23.5 Å². The largest absolute Gasteiger partial charge is 0.383 e. The molecule has 1 saturated carbocycles. The van der Waals surface area contributed by atoms with E-state index in [1.54, 1.807) is 18.0 Å². The van der Waals surface area contributed by atoms with Gasteiger partial charge in [-0.25, -0.2) is 0 Å². The Balaban J connectivity index is 1.50. The normalized spacial score (nSPS) is 18.5. The summed E-state index contributed by atoms with van der Waals surface area (Å²) in [6, 6.07) is 2.25. The molecule has 2 aliphatic carbocycles. The molecule has 23 heavy (non-hydrogen) atoms. The molecule has 4 nitrogen and oxygen atoms in total. The number of hydrogen-bond donors (Lipinski definition) is 2. The van der Waals surface area contributed by atoms with Crippen LogP contribution in [0, 0.1) is 0 Å². The fourth-order valence-corrected chi connectivity index (χ4v) is 3.50. The molecule has 1 fully saturated rings. The molecule has 0 bridgehead atoms. The summed E-state index contributed by atoms with van der Waals surface area (Å²) in [4.78, 5) is 16.5. The second kappa shape index (κ2) is 8.14. The fourth-order valence-electron chi connectivity index (χ4n) is 3.50. The number of carbonyl (C=O) groups is 1. The van der Waals surface area contributed by atoms with Gasteiger partial charge >= 0.3 is 0 Å². The Kier molecular flexibility index (Phi) is 5.67. The SMILES string of the molecule is O=C(NC1CCCC1)c1cncc(NCCC2=CCCCC2)c1. The number of aromatic nitrogens is 1. The molecule has 2 aliphatic rings. The van der Waals surface area contributed by atoms with Gasteiger partial charge in [-0.15, -0.1) is 0 Å². The van der Waals surface area contributed by atoms with Crippen LogP contribution in [0.4, 0.5) is 5.69 Å². The molecule has 124 valence electrons. The van der Waals surface area contributed by atoms with E-state index in [-0.39, 0.29) is 5.91 Å². The highest BCUT2D eigenvalue weighted by Crippen LogP contribution is 2.20. The molecule has 0 spiro atoms. The Morgan fingerprint density at radius 2 is 2.04 bits per heavy atom. The molecule has 0 unspecified atom stereocenters. The number of amides is 1. The number of pyridine rings is 1. The molecule has 1 aromatic heterocycles. The monoisotopic (exact) mass is 313 g/mol. The lowest BCUT2D eigenvalue weighted by molar-refractivity contribution is 0.0937. The van der Waals surface area contributed by atoms with Crippen LogP contribution in [0.2, 0.25) is 0 Å². The third-order valence-corrected chi connectivity index (χ3v) is 4.85. The highest BCUT2D eigenvalue weighted by Gasteiger charge is 2.18. The average molecular weight is 313 g/mol. The minimum Gasteiger partial charge on any atom is -0.383 e. The molecule has 4 heteroatoms. The van der Waals surface area contributed by atoms with E-state index in [0.29, 0.717) is 11.6 Å². The average Bonchev–Trinajstić information content (AvgIpc) is 3.09. The van der Waals surface area contributed by atoms with Crippen LogP contribution in [0.3, 0.4) is 0 Å². The van der Waals surface area contributed by atoms with Crippen LogP contribution < -0.4 is 10.6 Å². The van der Waals surface area contributed by atoms with Gasteiger partial charge in [0.1, 0.15) is 0 Å². The summed E-state index contributed by atoms with van der Waals surface area (Å²) >= 11 is 0. The van der Waals surface area contributed by atoms with Crippen molar-refractivity contribution in [1.29, 1.82) is 0 Å². The smallest absolute Gasteiger partial charge is 0.253 e. The lowest BCUT2D eigenvalue weighted by atomic mass is 9.97. The van der Waals surface area contributed by atoms with E-state index in [0.717, 1.165) is 31.5 Å². The Morgan fingerprint density at radius 1 is 1.17 bits per heavy atom. The first-order chi connectivity index (χ1) is 11.3. The van der Waals surface area contributed by atoms with Crippen LogP contribution in [-0.2, 0) is 0 Å². The van der Waals surface area contributed by atoms with Gasteiger partial charge in [-0.05, 0) is 51.0 Å². The molecule has 1 amide bonds. The fraction of sp³-hybridized carbons (Fsp3) is 0.579. The highest BCUT2D eigenvalue weighted by molar-refractivity contribution is 5.94. The van der Waals surface area contributed by atoms with E-state index in [9.17, 15) is 4.79 Å².